The zero-order valence-corrected chi connectivity index (χ0v) is 19.7. The van der Waals surface area contributed by atoms with Crippen molar-refractivity contribution in [1.82, 2.24) is 14.9 Å². The van der Waals surface area contributed by atoms with E-state index in [1.54, 1.807) is 16.7 Å². The van der Waals surface area contributed by atoms with Crippen molar-refractivity contribution in [3.63, 3.8) is 0 Å². The lowest BCUT2D eigenvalue weighted by Gasteiger charge is -2.49. The van der Waals surface area contributed by atoms with Crippen molar-refractivity contribution in [3.8, 4) is 0 Å². The number of benzene rings is 2. The predicted molar refractivity (Wildman–Crippen MR) is 129 cm³/mol. The smallest absolute Gasteiger partial charge is 0.336 e. The Bertz CT molecular complexity index is 1240. The quantitative estimate of drug-likeness (QED) is 0.599. The first kappa shape index (κ1) is 22.2. The summed E-state index contributed by atoms with van der Waals surface area (Å²) < 4.78 is 0. The number of carbonyl (C=O) groups is 2. The van der Waals surface area contributed by atoms with Crippen LogP contribution in [-0.2, 0) is 15.3 Å². The zero-order chi connectivity index (χ0) is 24.3. The molecule has 0 bridgehead atoms. The number of carboxylic acid groups (broad SMARTS) is 1. The van der Waals surface area contributed by atoms with Gasteiger partial charge in [0.25, 0.3) is 5.91 Å². The number of aliphatic hydroxyl groups is 2. The van der Waals surface area contributed by atoms with Crippen molar-refractivity contribution in [2.24, 2.45) is 5.92 Å². The number of hydrogen-bond acceptors (Lipinski definition) is 7. The van der Waals surface area contributed by atoms with Gasteiger partial charge in [-0.05, 0) is 41.5 Å². The fourth-order valence-corrected chi connectivity index (χ4v) is 6.17. The van der Waals surface area contributed by atoms with Crippen LogP contribution in [0.5, 0.6) is 0 Å². The van der Waals surface area contributed by atoms with Crippen LogP contribution in [0.15, 0.2) is 76.7 Å². The second-order valence-corrected chi connectivity index (χ2v) is 10.4. The molecule has 2 fully saturated rings. The highest BCUT2D eigenvalue weighted by molar-refractivity contribution is 7.98. The summed E-state index contributed by atoms with van der Waals surface area (Å²) in [6.45, 7) is 0.778. The molecule has 3 heterocycles. The SMILES string of the molecule is O=C(O)C1=CN2C(=C(O)C1O)C(=O)N(CC1CC1)CN2C1c2ccccc2CSc2ccccc21. The third kappa shape index (κ3) is 3.71. The van der Waals surface area contributed by atoms with Crippen molar-refractivity contribution in [2.75, 3.05) is 13.2 Å². The summed E-state index contributed by atoms with van der Waals surface area (Å²) >= 11 is 1.74. The van der Waals surface area contributed by atoms with E-state index in [-0.39, 0.29) is 24.0 Å². The molecule has 9 heteroatoms. The molecule has 3 N–H and O–H groups in total. The van der Waals surface area contributed by atoms with Gasteiger partial charge in [-0.25, -0.2) is 4.79 Å². The molecular formula is C26H25N3O5S. The van der Waals surface area contributed by atoms with Crippen LogP contribution in [0.4, 0.5) is 0 Å². The largest absolute Gasteiger partial charge is 0.507 e. The lowest BCUT2D eigenvalue weighted by atomic mass is 9.94. The summed E-state index contributed by atoms with van der Waals surface area (Å²) in [5, 5.41) is 34.5. The van der Waals surface area contributed by atoms with Gasteiger partial charge in [-0.3, -0.25) is 9.80 Å². The highest BCUT2D eigenvalue weighted by atomic mass is 32.2. The standard InChI is InChI=1S/C26H25N3O5S/c30-23-19(26(33)34)12-28-22(24(23)31)25(32)27(11-15-9-10-15)14-29(28)21-17-6-2-1-5-16(17)13-35-20-8-4-3-7-18(20)21/h1-8,12,15,21,23,30-31H,9-11,13-14H2,(H,33,34). The van der Waals surface area contributed by atoms with E-state index in [9.17, 15) is 24.9 Å². The van der Waals surface area contributed by atoms with Crippen LogP contribution in [0.2, 0.25) is 0 Å². The lowest BCUT2D eigenvalue weighted by Crippen LogP contribution is -2.59. The Hall–Kier alpha value is -3.27. The molecule has 1 aliphatic carbocycles. The number of hydrazine groups is 1. The van der Waals surface area contributed by atoms with E-state index in [1.165, 1.54) is 11.2 Å². The molecule has 1 saturated heterocycles. The summed E-state index contributed by atoms with van der Waals surface area (Å²) in [7, 11) is 0. The number of amides is 1. The number of aliphatic carboxylic acids is 1. The van der Waals surface area contributed by atoms with E-state index < -0.39 is 23.7 Å². The molecule has 2 aromatic carbocycles. The topological polar surface area (TPSA) is 105 Å². The Morgan fingerprint density at radius 3 is 2.51 bits per heavy atom. The van der Waals surface area contributed by atoms with Crippen LogP contribution in [0.3, 0.4) is 0 Å². The Kier molecular flexibility index (Phi) is 5.36. The minimum Gasteiger partial charge on any atom is -0.507 e. The van der Waals surface area contributed by atoms with Crippen molar-refractivity contribution in [2.45, 2.75) is 35.6 Å². The van der Waals surface area contributed by atoms with E-state index in [4.69, 9.17) is 0 Å². The van der Waals surface area contributed by atoms with Gasteiger partial charge in [0.05, 0.1) is 18.3 Å². The molecule has 8 nitrogen and oxygen atoms in total. The Morgan fingerprint density at radius 1 is 1.06 bits per heavy atom. The highest BCUT2D eigenvalue weighted by Crippen LogP contribution is 2.45. The van der Waals surface area contributed by atoms with E-state index in [1.807, 2.05) is 29.3 Å². The molecule has 3 aliphatic heterocycles. The molecule has 35 heavy (non-hydrogen) atoms. The van der Waals surface area contributed by atoms with E-state index >= 15 is 0 Å². The lowest BCUT2D eigenvalue weighted by molar-refractivity contribution is -0.151. The van der Waals surface area contributed by atoms with Gasteiger partial charge in [0, 0.05) is 23.4 Å². The molecule has 0 radical (unpaired) electrons. The number of thioether (sulfide) groups is 1. The second kappa shape index (κ2) is 8.44. The molecular weight excluding hydrogens is 466 g/mol. The number of aliphatic hydroxyl groups excluding tert-OH is 2. The van der Waals surface area contributed by atoms with Crippen molar-refractivity contribution < 1.29 is 24.9 Å². The third-order valence-electron chi connectivity index (χ3n) is 7.04. The maximum absolute atomic E-state index is 13.5. The minimum atomic E-state index is -1.77. The average Bonchev–Trinajstić information content (AvgIpc) is 3.68. The van der Waals surface area contributed by atoms with Crippen LogP contribution in [-0.4, -0.2) is 61.4 Å². The summed E-state index contributed by atoms with van der Waals surface area (Å²) in [6, 6.07) is 15.9. The van der Waals surface area contributed by atoms with Gasteiger partial charge in [0.1, 0.15) is 6.10 Å². The van der Waals surface area contributed by atoms with Gasteiger partial charge in [-0.2, -0.15) is 5.01 Å². The van der Waals surface area contributed by atoms with Crippen LogP contribution in [0.1, 0.15) is 35.6 Å². The number of fused-ring (bicyclic) bond motifs is 3. The van der Waals surface area contributed by atoms with Crippen LogP contribution in [0.25, 0.3) is 0 Å². The van der Waals surface area contributed by atoms with Crippen molar-refractivity contribution >= 4 is 23.6 Å². The molecule has 2 unspecified atom stereocenters. The first-order chi connectivity index (χ1) is 16.9. The normalized spacial score (nSPS) is 24.4. The first-order valence-corrected chi connectivity index (χ1v) is 12.6. The summed E-state index contributed by atoms with van der Waals surface area (Å²) in [5.74, 6) is -1.20. The Balaban J connectivity index is 1.55. The Morgan fingerprint density at radius 2 is 1.77 bits per heavy atom. The van der Waals surface area contributed by atoms with Gasteiger partial charge < -0.3 is 20.2 Å². The molecule has 4 aliphatic rings. The van der Waals surface area contributed by atoms with Gasteiger partial charge in [-0.1, -0.05) is 42.5 Å². The maximum atomic E-state index is 13.5. The highest BCUT2D eigenvalue weighted by Gasteiger charge is 2.47. The summed E-state index contributed by atoms with van der Waals surface area (Å²) in [6.07, 6.45) is 1.61. The fraction of sp³-hybridized carbons (Fsp3) is 0.308. The second-order valence-electron chi connectivity index (χ2n) is 9.35. The van der Waals surface area contributed by atoms with Crippen LogP contribution in [0, 0.1) is 5.92 Å². The monoisotopic (exact) mass is 491 g/mol. The zero-order valence-electron chi connectivity index (χ0n) is 18.9. The number of hydrogen-bond donors (Lipinski definition) is 3. The first-order valence-electron chi connectivity index (χ1n) is 11.6. The number of carbonyl (C=O) groups excluding carboxylic acids is 1. The fourth-order valence-electron chi connectivity index (χ4n) is 5.07. The molecule has 180 valence electrons. The van der Waals surface area contributed by atoms with E-state index in [0.717, 1.165) is 40.2 Å². The minimum absolute atomic E-state index is 0.0961. The predicted octanol–water partition coefficient (Wildman–Crippen LogP) is 3.22. The molecule has 0 spiro atoms. The number of nitrogens with zero attached hydrogens (tertiary/aromatic N) is 3. The van der Waals surface area contributed by atoms with E-state index in [0.29, 0.717) is 12.5 Å². The molecule has 6 rings (SSSR count). The average molecular weight is 492 g/mol. The van der Waals surface area contributed by atoms with Gasteiger partial charge in [-0.15, -0.1) is 11.8 Å². The summed E-state index contributed by atoms with van der Waals surface area (Å²) in [5.41, 5.74) is 2.77. The van der Waals surface area contributed by atoms with Gasteiger partial charge in [0.2, 0.25) is 0 Å². The van der Waals surface area contributed by atoms with Crippen LogP contribution < -0.4 is 0 Å². The van der Waals surface area contributed by atoms with Gasteiger partial charge >= 0.3 is 5.97 Å². The third-order valence-corrected chi connectivity index (χ3v) is 8.17. The molecule has 2 atom stereocenters. The maximum Gasteiger partial charge on any atom is 0.336 e. The molecule has 1 amide bonds. The van der Waals surface area contributed by atoms with Crippen molar-refractivity contribution in [3.05, 3.63) is 88.5 Å². The van der Waals surface area contributed by atoms with Crippen molar-refractivity contribution in [1.29, 1.82) is 0 Å². The van der Waals surface area contributed by atoms with E-state index in [2.05, 4.69) is 24.3 Å². The van der Waals surface area contributed by atoms with Gasteiger partial charge in [0.15, 0.2) is 11.5 Å². The Labute approximate surface area is 206 Å². The molecule has 1 saturated carbocycles. The molecule has 2 aromatic rings. The number of rotatable bonds is 4. The summed E-state index contributed by atoms with van der Waals surface area (Å²) in [4.78, 5) is 28.2. The molecule has 0 aromatic heterocycles. The van der Waals surface area contributed by atoms with Crippen LogP contribution >= 0.6 is 11.8 Å². The number of carboxylic acids is 1.